The third-order valence-corrected chi connectivity index (χ3v) is 4.61. The molecular weight excluding hydrogens is 316 g/mol. The fourth-order valence-electron chi connectivity index (χ4n) is 3.43. The smallest absolute Gasteiger partial charge is 0.161 e. The summed E-state index contributed by atoms with van der Waals surface area (Å²) in [4.78, 5) is 6.88. The Morgan fingerprint density at radius 2 is 1.92 bits per heavy atom. The number of nitrogens with zero attached hydrogens (tertiary/aromatic N) is 2. The Morgan fingerprint density at radius 1 is 1.00 bits per heavy atom. The topological polar surface area (TPSA) is 43.8 Å². The lowest BCUT2D eigenvalue weighted by molar-refractivity contribution is 0.0674. The molecule has 1 saturated heterocycles. The maximum Gasteiger partial charge on any atom is 0.161 e. The Hall–Kier alpha value is -2.11. The monoisotopic (exact) mass is 340 g/mol. The van der Waals surface area contributed by atoms with E-state index in [0.717, 1.165) is 56.3 Å². The summed E-state index contributed by atoms with van der Waals surface area (Å²) in [5.41, 5.74) is 2.30. The van der Waals surface area contributed by atoms with Crippen molar-refractivity contribution in [2.45, 2.75) is 32.0 Å². The van der Waals surface area contributed by atoms with Gasteiger partial charge in [-0.05, 0) is 42.7 Å². The second-order valence-corrected chi connectivity index (χ2v) is 6.60. The average molecular weight is 340 g/mol. The van der Waals surface area contributed by atoms with Gasteiger partial charge in [0.05, 0.1) is 11.8 Å². The molecule has 0 unspecified atom stereocenters. The summed E-state index contributed by atoms with van der Waals surface area (Å²) in [6, 6.07) is 12.3. The highest BCUT2D eigenvalue weighted by Crippen LogP contribution is 2.31. The summed E-state index contributed by atoms with van der Waals surface area (Å²) in [7, 11) is 0. The van der Waals surface area contributed by atoms with E-state index >= 15 is 0 Å². The number of hydrogen-bond donors (Lipinski definition) is 0. The van der Waals surface area contributed by atoms with Gasteiger partial charge >= 0.3 is 0 Å². The zero-order valence-electron chi connectivity index (χ0n) is 14.4. The van der Waals surface area contributed by atoms with Crippen LogP contribution in [0, 0.1) is 0 Å². The molecule has 2 aliphatic rings. The number of fused-ring (bicyclic) bond motifs is 1. The van der Waals surface area contributed by atoms with Crippen molar-refractivity contribution in [3.63, 3.8) is 0 Å². The van der Waals surface area contributed by atoms with Gasteiger partial charge < -0.3 is 14.2 Å². The molecule has 0 saturated carbocycles. The first-order chi connectivity index (χ1) is 12.4. The molecule has 3 heterocycles. The number of aromatic nitrogens is 1. The van der Waals surface area contributed by atoms with Gasteiger partial charge in [-0.3, -0.25) is 9.88 Å². The second-order valence-electron chi connectivity index (χ2n) is 6.60. The maximum absolute atomic E-state index is 5.84. The lowest BCUT2D eigenvalue weighted by Crippen LogP contribution is -2.31. The van der Waals surface area contributed by atoms with Gasteiger partial charge in [0.25, 0.3) is 0 Å². The Morgan fingerprint density at radius 3 is 2.72 bits per heavy atom. The van der Waals surface area contributed by atoms with Crippen LogP contribution in [0.4, 0.5) is 0 Å². The van der Waals surface area contributed by atoms with Gasteiger partial charge in [0, 0.05) is 32.4 Å². The van der Waals surface area contributed by atoms with Crippen LogP contribution in [0.15, 0.2) is 42.6 Å². The van der Waals surface area contributed by atoms with Crippen LogP contribution >= 0.6 is 0 Å². The van der Waals surface area contributed by atoms with Gasteiger partial charge in [0.2, 0.25) is 0 Å². The van der Waals surface area contributed by atoms with Crippen LogP contribution in [-0.4, -0.2) is 42.4 Å². The van der Waals surface area contributed by atoms with E-state index in [0.29, 0.717) is 19.3 Å². The first-order valence-corrected chi connectivity index (χ1v) is 8.99. The fraction of sp³-hybridized carbons (Fsp3) is 0.450. The van der Waals surface area contributed by atoms with Gasteiger partial charge in [-0.15, -0.1) is 0 Å². The van der Waals surface area contributed by atoms with E-state index in [1.54, 1.807) is 0 Å². The predicted octanol–water partition coefficient (Wildman–Crippen LogP) is 3.03. The first kappa shape index (κ1) is 16.4. The van der Waals surface area contributed by atoms with E-state index in [9.17, 15) is 0 Å². The van der Waals surface area contributed by atoms with Crippen molar-refractivity contribution >= 4 is 0 Å². The molecule has 2 aliphatic heterocycles. The highest BCUT2D eigenvalue weighted by molar-refractivity contribution is 5.43. The van der Waals surface area contributed by atoms with Crippen LogP contribution in [0.1, 0.15) is 24.1 Å². The Labute approximate surface area is 148 Å². The minimum absolute atomic E-state index is 0.320. The Bertz CT molecular complexity index is 687. The molecule has 1 fully saturated rings. The van der Waals surface area contributed by atoms with Crippen molar-refractivity contribution in [3.8, 4) is 11.5 Å². The number of pyridine rings is 1. The van der Waals surface area contributed by atoms with Crippen LogP contribution < -0.4 is 9.47 Å². The van der Waals surface area contributed by atoms with Gasteiger partial charge in [-0.25, -0.2) is 0 Å². The van der Waals surface area contributed by atoms with Crippen LogP contribution in [0.5, 0.6) is 11.5 Å². The molecule has 1 aromatic heterocycles. The lowest BCUT2D eigenvalue weighted by atomic mass is 10.1. The predicted molar refractivity (Wildman–Crippen MR) is 94.8 cm³/mol. The number of hydrogen-bond acceptors (Lipinski definition) is 5. The van der Waals surface area contributed by atoms with Crippen molar-refractivity contribution in [1.82, 2.24) is 9.88 Å². The van der Waals surface area contributed by atoms with Gasteiger partial charge in [-0.1, -0.05) is 12.1 Å². The molecule has 1 atom stereocenters. The van der Waals surface area contributed by atoms with E-state index in [4.69, 9.17) is 14.2 Å². The van der Waals surface area contributed by atoms with Gasteiger partial charge in [-0.2, -0.15) is 0 Å². The van der Waals surface area contributed by atoms with Crippen LogP contribution in [-0.2, 0) is 17.8 Å². The Kier molecular flexibility index (Phi) is 5.14. The fourth-order valence-corrected chi connectivity index (χ4v) is 3.43. The molecule has 2 aromatic rings. The second kappa shape index (κ2) is 7.85. The SMILES string of the molecule is c1ccc(CN(Cc2ccc3c(c2)OCCO3)C[C@H]2CCCO2)nc1. The number of ether oxygens (including phenoxy) is 3. The normalized spacial score (nSPS) is 19.3. The van der Waals surface area contributed by atoms with E-state index in [1.807, 2.05) is 24.4 Å². The summed E-state index contributed by atoms with van der Waals surface area (Å²) in [5, 5.41) is 0. The van der Waals surface area contributed by atoms with E-state index in [-0.39, 0.29) is 0 Å². The average Bonchev–Trinajstić information content (AvgIpc) is 3.15. The number of rotatable bonds is 6. The van der Waals surface area contributed by atoms with Crippen molar-refractivity contribution < 1.29 is 14.2 Å². The van der Waals surface area contributed by atoms with Crippen LogP contribution in [0.3, 0.4) is 0 Å². The summed E-state index contributed by atoms with van der Waals surface area (Å²) < 4.78 is 17.2. The van der Waals surface area contributed by atoms with E-state index < -0.39 is 0 Å². The minimum atomic E-state index is 0.320. The molecule has 25 heavy (non-hydrogen) atoms. The third-order valence-electron chi connectivity index (χ3n) is 4.61. The molecule has 0 amide bonds. The first-order valence-electron chi connectivity index (χ1n) is 8.99. The minimum Gasteiger partial charge on any atom is -0.486 e. The van der Waals surface area contributed by atoms with E-state index in [2.05, 4.69) is 28.1 Å². The maximum atomic E-state index is 5.84. The zero-order chi connectivity index (χ0) is 16.9. The highest BCUT2D eigenvalue weighted by atomic mass is 16.6. The van der Waals surface area contributed by atoms with E-state index in [1.165, 1.54) is 5.56 Å². The Balaban J connectivity index is 1.48. The molecule has 4 rings (SSSR count). The molecule has 0 radical (unpaired) electrons. The van der Waals surface area contributed by atoms with Gasteiger partial charge in [0.15, 0.2) is 11.5 Å². The molecular formula is C20H24N2O3. The molecule has 5 nitrogen and oxygen atoms in total. The summed E-state index contributed by atoms with van der Waals surface area (Å²) >= 11 is 0. The lowest BCUT2D eigenvalue weighted by Gasteiger charge is -2.26. The molecule has 0 bridgehead atoms. The molecule has 5 heteroatoms. The van der Waals surface area contributed by atoms with Crippen LogP contribution in [0.2, 0.25) is 0 Å². The summed E-state index contributed by atoms with van der Waals surface area (Å²) in [6.07, 6.45) is 4.47. The standard InChI is InChI=1S/C20H24N2O3/c1-2-8-21-17(4-1)14-22(15-18-5-3-9-23-18)13-16-6-7-19-20(12-16)25-11-10-24-19/h1-2,4,6-8,12,18H,3,5,9-11,13-15H2/t18-/m1/s1. The molecule has 0 spiro atoms. The van der Waals surface area contributed by atoms with Crippen molar-refractivity contribution in [2.24, 2.45) is 0 Å². The third kappa shape index (κ3) is 4.30. The zero-order valence-corrected chi connectivity index (χ0v) is 14.4. The molecule has 1 aromatic carbocycles. The van der Waals surface area contributed by atoms with Crippen molar-refractivity contribution in [3.05, 3.63) is 53.9 Å². The summed E-state index contributed by atoms with van der Waals surface area (Å²) in [5.74, 6) is 1.68. The molecule has 132 valence electrons. The molecule has 0 N–H and O–H groups in total. The van der Waals surface area contributed by atoms with Gasteiger partial charge in [0.1, 0.15) is 13.2 Å². The molecule has 0 aliphatic carbocycles. The summed E-state index contributed by atoms with van der Waals surface area (Å²) in [6.45, 7) is 4.69. The highest BCUT2D eigenvalue weighted by Gasteiger charge is 2.20. The number of benzene rings is 1. The quantitative estimate of drug-likeness (QED) is 0.809. The van der Waals surface area contributed by atoms with Crippen molar-refractivity contribution in [2.75, 3.05) is 26.4 Å². The van der Waals surface area contributed by atoms with Crippen molar-refractivity contribution in [1.29, 1.82) is 0 Å². The largest absolute Gasteiger partial charge is 0.486 e. The van der Waals surface area contributed by atoms with Crippen LogP contribution in [0.25, 0.3) is 0 Å².